The fourth-order valence-electron chi connectivity index (χ4n) is 1.49. The number of anilines is 1. The Morgan fingerprint density at radius 1 is 1.47 bits per heavy atom. The van der Waals surface area contributed by atoms with E-state index in [4.69, 9.17) is 10.4 Å². The van der Waals surface area contributed by atoms with Gasteiger partial charge in [0.15, 0.2) is 0 Å². The molecule has 1 aromatic rings. The van der Waals surface area contributed by atoms with Crippen molar-refractivity contribution in [2.24, 2.45) is 0 Å². The van der Waals surface area contributed by atoms with Gasteiger partial charge in [0.25, 0.3) is 0 Å². The molecule has 0 unspecified atom stereocenters. The lowest BCUT2D eigenvalue weighted by molar-refractivity contribution is -0.136. The van der Waals surface area contributed by atoms with Crippen LogP contribution in [-0.2, 0) is 4.79 Å². The number of halogens is 4. The summed E-state index contributed by atoms with van der Waals surface area (Å²) in [6.45, 7) is -2.28. The third kappa shape index (κ3) is 4.44. The molecule has 0 amide bonds. The molecule has 0 saturated heterocycles. The summed E-state index contributed by atoms with van der Waals surface area (Å²) in [5, 5.41) is 17.6. The van der Waals surface area contributed by atoms with E-state index in [9.17, 15) is 18.0 Å². The van der Waals surface area contributed by atoms with Crippen LogP contribution in [-0.4, -0.2) is 30.3 Å². The Morgan fingerprint density at radius 3 is 2.58 bits per heavy atom. The minimum atomic E-state index is -4.56. The molecule has 4 nitrogen and oxygen atoms in total. The maximum atomic E-state index is 12.4. The second kappa shape index (κ2) is 5.93. The number of nitriles is 1. The third-order valence-corrected chi connectivity index (χ3v) is 2.80. The van der Waals surface area contributed by atoms with Crippen LogP contribution in [0.25, 0.3) is 0 Å². The number of benzene rings is 1. The molecule has 1 N–H and O–H groups in total. The lowest BCUT2D eigenvalue weighted by atomic mass is 10.1. The number of hydrogen-bond donors (Lipinski definition) is 1. The van der Waals surface area contributed by atoms with Crippen molar-refractivity contribution in [3.63, 3.8) is 0 Å². The molecule has 0 aliphatic heterocycles. The third-order valence-electron chi connectivity index (χ3n) is 2.14. The van der Waals surface area contributed by atoms with Gasteiger partial charge in [-0.2, -0.15) is 18.4 Å². The summed E-state index contributed by atoms with van der Waals surface area (Å²) in [7, 11) is 0. The van der Waals surface area contributed by atoms with Crippen molar-refractivity contribution in [1.82, 2.24) is 0 Å². The Balaban J connectivity index is 3.21. The highest BCUT2D eigenvalue weighted by Gasteiger charge is 2.32. The van der Waals surface area contributed by atoms with Gasteiger partial charge in [-0.1, -0.05) is 6.07 Å². The van der Waals surface area contributed by atoms with E-state index in [1.165, 1.54) is 18.2 Å². The number of nitrogens with zero attached hydrogens (tertiary/aromatic N) is 2. The Morgan fingerprint density at radius 2 is 2.11 bits per heavy atom. The van der Waals surface area contributed by atoms with Crippen molar-refractivity contribution < 1.29 is 23.1 Å². The summed E-state index contributed by atoms with van der Waals surface area (Å²) >= 11 is 3.04. The molecule has 0 radical (unpaired) electrons. The molecule has 102 valence electrons. The SMILES string of the molecule is N#Cc1c(Br)cccc1N(CC(=O)O)CC(F)(F)F. The van der Waals surface area contributed by atoms with Gasteiger partial charge in [-0.15, -0.1) is 0 Å². The maximum Gasteiger partial charge on any atom is 0.405 e. The molecule has 1 rings (SSSR count). The molecule has 0 bridgehead atoms. The second-order valence-corrected chi connectivity index (χ2v) is 4.47. The van der Waals surface area contributed by atoms with Crippen molar-refractivity contribution in [3.05, 3.63) is 28.2 Å². The number of carboxylic acids is 1. The van der Waals surface area contributed by atoms with Gasteiger partial charge in [-0.3, -0.25) is 4.79 Å². The van der Waals surface area contributed by atoms with Crippen LogP contribution in [0.5, 0.6) is 0 Å². The molecule has 19 heavy (non-hydrogen) atoms. The van der Waals surface area contributed by atoms with E-state index in [0.717, 1.165) is 0 Å². The van der Waals surface area contributed by atoms with Crippen molar-refractivity contribution in [2.75, 3.05) is 18.0 Å². The number of hydrogen-bond acceptors (Lipinski definition) is 3. The average Bonchev–Trinajstić information content (AvgIpc) is 2.25. The van der Waals surface area contributed by atoms with E-state index in [2.05, 4.69) is 15.9 Å². The largest absolute Gasteiger partial charge is 0.480 e. The molecular formula is C11H8BrF3N2O2. The van der Waals surface area contributed by atoms with E-state index in [1.807, 2.05) is 0 Å². The van der Waals surface area contributed by atoms with Crippen LogP contribution < -0.4 is 4.90 Å². The van der Waals surface area contributed by atoms with E-state index < -0.39 is 25.2 Å². The number of carbonyl (C=O) groups is 1. The number of rotatable bonds is 4. The molecule has 0 heterocycles. The zero-order chi connectivity index (χ0) is 14.6. The molecule has 0 aromatic heterocycles. The minimum Gasteiger partial charge on any atom is -0.480 e. The highest BCUT2D eigenvalue weighted by atomic mass is 79.9. The Bertz CT molecular complexity index is 526. The van der Waals surface area contributed by atoms with Gasteiger partial charge in [-0.25, -0.2) is 0 Å². The summed E-state index contributed by atoms with van der Waals surface area (Å²) in [5.41, 5.74) is -0.107. The highest BCUT2D eigenvalue weighted by Crippen LogP contribution is 2.29. The first-order chi connectivity index (χ1) is 8.74. The van der Waals surface area contributed by atoms with Gasteiger partial charge in [0, 0.05) is 4.47 Å². The van der Waals surface area contributed by atoms with Gasteiger partial charge in [0.2, 0.25) is 0 Å². The molecule has 8 heteroatoms. The van der Waals surface area contributed by atoms with Gasteiger partial charge in [0.1, 0.15) is 19.2 Å². The Labute approximate surface area is 115 Å². The first-order valence-electron chi connectivity index (χ1n) is 4.96. The molecule has 0 aliphatic rings. The Kier molecular flexibility index (Phi) is 4.78. The molecule has 0 atom stereocenters. The van der Waals surface area contributed by atoms with Crippen LogP contribution in [0.2, 0.25) is 0 Å². The van der Waals surface area contributed by atoms with Crippen molar-refractivity contribution in [3.8, 4) is 6.07 Å². The minimum absolute atomic E-state index is 0.0343. The highest BCUT2D eigenvalue weighted by molar-refractivity contribution is 9.10. The van der Waals surface area contributed by atoms with E-state index >= 15 is 0 Å². The summed E-state index contributed by atoms with van der Waals surface area (Å²) in [6, 6.07) is 5.96. The van der Waals surface area contributed by atoms with Crippen LogP contribution in [0.3, 0.4) is 0 Å². The van der Waals surface area contributed by atoms with Crippen molar-refractivity contribution in [1.29, 1.82) is 5.26 Å². The van der Waals surface area contributed by atoms with Gasteiger partial charge in [-0.05, 0) is 28.1 Å². The van der Waals surface area contributed by atoms with Crippen LogP contribution in [0, 0.1) is 11.3 Å². The molecular weight excluding hydrogens is 329 g/mol. The Hall–Kier alpha value is -1.75. The predicted molar refractivity (Wildman–Crippen MR) is 64.8 cm³/mol. The topological polar surface area (TPSA) is 64.3 Å². The van der Waals surface area contributed by atoms with Gasteiger partial charge in [0.05, 0.1) is 11.3 Å². The van der Waals surface area contributed by atoms with Crippen molar-refractivity contribution in [2.45, 2.75) is 6.18 Å². The fraction of sp³-hybridized carbons (Fsp3) is 0.273. The fourth-order valence-corrected chi connectivity index (χ4v) is 1.94. The van der Waals surface area contributed by atoms with Crippen molar-refractivity contribution >= 4 is 27.6 Å². The number of carboxylic acid groups (broad SMARTS) is 1. The van der Waals surface area contributed by atoms with E-state index in [1.54, 1.807) is 6.07 Å². The van der Waals surface area contributed by atoms with Gasteiger partial charge >= 0.3 is 12.1 Å². The summed E-state index contributed by atoms with van der Waals surface area (Å²) in [6.07, 6.45) is -4.56. The molecule has 0 fully saturated rings. The summed E-state index contributed by atoms with van der Waals surface area (Å²) < 4.78 is 37.7. The standard InChI is InChI=1S/C11H8BrF3N2O2/c12-8-2-1-3-9(7(8)4-16)17(5-10(18)19)6-11(13,14)15/h1-3H,5-6H2,(H,18,19). The van der Waals surface area contributed by atoms with E-state index in [-0.39, 0.29) is 11.3 Å². The summed E-state index contributed by atoms with van der Waals surface area (Å²) in [5.74, 6) is -1.41. The zero-order valence-electron chi connectivity index (χ0n) is 9.41. The monoisotopic (exact) mass is 336 g/mol. The number of alkyl halides is 3. The van der Waals surface area contributed by atoms with Crippen LogP contribution in [0.4, 0.5) is 18.9 Å². The quantitative estimate of drug-likeness (QED) is 0.918. The first-order valence-corrected chi connectivity index (χ1v) is 5.76. The summed E-state index contributed by atoms with van der Waals surface area (Å²) in [4.78, 5) is 11.3. The lowest BCUT2D eigenvalue weighted by Crippen LogP contribution is -2.38. The molecule has 0 spiro atoms. The number of aliphatic carboxylic acids is 1. The molecule has 0 saturated carbocycles. The van der Waals surface area contributed by atoms with E-state index in [0.29, 0.717) is 9.37 Å². The van der Waals surface area contributed by atoms with Crippen LogP contribution >= 0.6 is 15.9 Å². The first kappa shape index (κ1) is 15.3. The maximum absolute atomic E-state index is 12.4. The zero-order valence-corrected chi connectivity index (χ0v) is 11.0. The molecule has 0 aliphatic carbocycles. The normalized spacial score (nSPS) is 10.9. The smallest absolute Gasteiger partial charge is 0.405 e. The van der Waals surface area contributed by atoms with Crippen LogP contribution in [0.1, 0.15) is 5.56 Å². The van der Waals surface area contributed by atoms with Gasteiger partial charge < -0.3 is 10.0 Å². The average molecular weight is 337 g/mol. The predicted octanol–water partition coefficient (Wildman–Crippen LogP) is 2.77. The lowest BCUT2D eigenvalue weighted by Gasteiger charge is -2.25. The van der Waals surface area contributed by atoms with Crippen LogP contribution in [0.15, 0.2) is 22.7 Å². The molecule has 1 aromatic carbocycles. The second-order valence-electron chi connectivity index (χ2n) is 3.61.